The highest BCUT2D eigenvalue weighted by molar-refractivity contribution is 5.69. The zero-order valence-corrected chi connectivity index (χ0v) is 9.96. The van der Waals surface area contributed by atoms with Gasteiger partial charge in [-0.25, -0.2) is 0 Å². The molecule has 1 heterocycles. The number of aromatic nitrogens is 1. The molecule has 0 bridgehead atoms. The summed E-state index contributed by atoms with van der Waals surface area (Å²) in [7, 11) is 0. The van der Waals surface area contributed by atoms with Gasteiger partial charge in [0, 0.05) is 18.3 Å². The quantitative estimate of drug-likeness (QED) is 0.765. The fourth-order valence-corrected chi connectivity index (χ4v) is 1.39. The van der Waals surface area contributed by atoms with Crippen molar-refractivity contribution in [3.05, 3.63) is 29.6 Å². The van der Waals surface area contributed by atoms with Crippen molar-refractivity contribution in [2.24, 2.45) is 0 Å². The fourth-order valence-electron chi connectivity index (χ4n) is 1.39. The fraction of sp³-hybridized carbons (Fsp3) is 0.500. The Morgan fingerprint density at radius 3 is 2.61 bits per heavy atom. The molecule has 1 aromatic heterocycles. The van der Waals surface area contributed by atoms with E-state index < -0.39 is 11.7 Å². The molecule has 0 radical (unpaired) electrons. The minimum Gasteiger partial charge on any atom is -0.466 e. The lowest BCUT2D eigenvalue weighted by molar-refractivity contribution is -0.143. The summed E-state index contributed by atoms with van der Waals surface area (Å²) in [5.41, 5.74) is -0.232. The Kier molecular flexibility index (Phi) is 5.12. The van der Waals surface area contributed by atoms with Gasteiger partial charge in [0.25, 0.3) is 0 Å². The van der Waals surface area contributed by atoms with Crippen molar-refractivity contribution in [3.63, 3.8) is 0 Å². The maximum atomic E-state index is 12.3. The zero-order valence-electron chi connectivity index (χ0n) is 9.96. The van der Waals surface area contributed by atoms with Crippen molar-refractivity contribution in [2.45, 2.75) is 32.4 Å². The molecule has 0 N–H and O–H groups in total. The highest BCUT2D eigenvalue weighted by Gasteiger charge is 2.30. The van der Waals surface area contributed by atoms with E-state index in [-0.39, 0.29) is 12.4 Å². The van der Waals surface area contributed by atoms with E-state index in [4.69, 9.17) is 4.74 Å². The molecule has 0 atom stereocenters. The van der Waals surface area contributed by atoms with Gasteiger partial charge in [0.15, 0.2) is 0 Å². The Bertz CT molecular complexity index is 387. The Morgan fingerprint density at radius 1 is 1.39 bits per heavy atom. The molecule has 1 rings (SSSR count). The van der Waals surface area contributed by atoms with Crippen LogP contribution in [0.4, 0.5) is 13.2 Å². The number of carbonyl (C=O) groups excluding carboxylic acids is 1. The lowest BCUT2D eigenvalue weighted by Crippen LogP contribution is -2.07. The minimum absolute atomic E-state index is 0.247. The molecule has 18 heavy (non-hydrogen) atoms. The molecular formula is C12H14F3NO2. The van der Waals surface area contributed by atoms with Crippen LogP contribution in [0.5, 0.6) is 0 Å². The molecule has 0 aromatic carbocycles. The topological polar surface area (TPSA) is 39.2 Å². The Balaban J connectivity index is 2.42. The number of pyridine rings is 1. The molecule has 0 spiro atoms. The molecule has 0 aliphatic carbocycles. The first-order chi connectivity index (χ1) is 8.43. The molecule has 3 nitrogen and oxygen atoms in total. The van der Waals surface area contributed by atoms with Gasteiger partial charge in [0.1, 0.15) is 0 Å². The van der Waals surface area contributed by atoms with Crippen LogP contribution in [-0.2, 0) is 22.1 Å². The largest absolute Gasteiger partial charge is 0.466 e. The lowest BCUT2D eigenvalue weighted by Gasteiger charge is -2.06. The predicted octanol–water partition coefficient (Wildman–Crippen LogP) is 2.99. The summed E-state index contributed by atoms with van der Waals surface area (Å²) in [6.07, 6.45) is -2.35. The van der Waals surface area contributed by atoms with E-state index in [1.165, 1.54) is 6.07 Å². The third kappa shape index (κ3) is 4.73. The molecule has 0 aliphatic heterocycles. The summed E-state index contributed by atoms with van der Waals surface area (Å²) >= 11 is 0. The van der Waals surface area contributed by atoms with Gasteiger partial charge in [-0.3, -0.25) is 9.78 Å². The van der Waals surface area contributed by atoms with Gasteiger partial charge in [-0.05, 0) is 31.9 Å². The Morgan fingerprint density at radius 2 is 2.11 bits per heavy atom. The molecule has 0 fully saturated rings. The van der Waals surface area contributed by atoms with Crippen LogP contribution >= 0.6 is 0 Å². The smallest absolute Gasteiger partial charge is 0.417 e. The van der Waals surface area contributed by atoms with Crippen LogP contribution in [0.25, 0.3) is 0 Å². The first-order valence-electron chi connectivity index (χ1n) is 5.61. The number of halogens is 3. The molecule has 0 saturated carbocycles. The maximum absolute atomic E-state index is 12.3. The number of hydrogen-bond donors (Lipinski definition) is 0. The van der Waals surface area contributed by atoms with Crippen LogP contribution in [0.1, 0.15) is 31.0 Å². The van der Waals surface area contributed by atoms with E-state index >= 15 is 0 Å². The number of carbonyl (C=O) groups is 1. The van der Waals surface area contributed by atoms with Crippen molar-refractivity contribution >= 4 is 5.97 Å². The molecule has 0 saturated heterocycles. The van der Waals surface area contributed by atoms with Crippen LogP contribution in [0.3, 0.4) is 0 Å². The maximum Gasteiger partial charge on any atom is 0.417 e. The third-order valence-electron chi connectivity index (χ3n) is 2.27. The second-order valence-corrected chi connectivity index (χ2v) is 3.69. The van der Waals surface area contributed by atoms with E-state index in [2.05, 4.69) is 4.98 Å². The van der Waals surface area contributed by atoms with E-state index in [1.54, 1.807) is 6.92 Å². The number of alkyl halides is 3. The average molecular weight is 261 g/mol. The van der Waals surface area contributed by atoms with Crippen molar-refractivity contribution in [3.8, 4) is 0 Å². The first kappa shape index (κ1) is 14.5. The summed E-state index contributed by atoms with van der Waals surface area (Å²) in [6.45, 7) is 2.05. The molecular weight excluding hydrogens is 247 g/mol. The molecule has 0 aliphatic rings. The van der Waals surface area contributed by atoms with Crippen molar-refractivity contribution in [1.82, 2.24) is 4.98 Å². The highest BCUT2D eigenvalue weighted by atomic mass is 19.4. The van der Waals surface area contributed by atoms with E-state index in [0.29, 0.717) is 25.1 Å². The zero-order chi connectivity index (χ0) is 13.6. The second kappa shape index (κ2) is 6.37. The minimum atomic E-state index is -4.36. The van der Waals surface area contributed by atoms with Gasteiger partial charge in [-0.15, -0.1) is 0 Å². The van der Waals surface area contributed by atoms with Crippen LogP contribution in [0, 0.1) is 0 Å². The van der Waals surface area contributed by atoms with Crippen molar-refractivity contribution < 1.29 is 22.7 Å². The summed E-state index contributed by atoms with van der Waals surface area (Å²) in [4.78, 5) is 14.7. The third-order valence-corrected chi connectivity index (χ3v) is 2.27. The van der Waals surface area contributed by atoms with Gasteiger partial charge in [-0.1, -0.05) is 0 Å². The van der Waals surface area contributed by atoms with Gasteiger partial charge >= 0.3 is 12.1 Å². The highest BCUT2D eigenvalue weighted by Crippen LogP contribution is 2.28. The van der Waals surface area contributed by atoms with Gasteiger partial charge < -0.3 is 4.74 Å². The number of hydrogen-bond acceptors (Lipinski definition) is 3. The summed E-state index contributed by atoms with van der Waals surface area (Å²) in [6, 6.07) is 2.32. The SMILES string of the molecule is CCOC(=O)CCCc1ccc(C(F)(F)F)cn1. The number of ether oxygens (including phenoxy) is 1. The summed E-state index contributed by atoms with van der Waals surface area (Å²) < 4.78 is 41.5. The predicted molar refractivity (Wildman–Crippen MR) is 58.8 cm³/mol. The van der Waals surface area contributed by atoms with E-state index in [9.17, 15) is 18.0 Å². The number of rotatable bonds is 5. The number of esters is 1. The normalized spacial score (nSPS) is 11.3. The monoisotopic (exact) mass is 261 g/mol. The van der Waals surface area contributed by atoms with E-state index in [0.717, 1.165) is 12.3 Å². The molecule has 6 heteroatoms. The summed E-state index contributed by atoms with van der Waals surface area (Å²) in [5, 5.41) is 0. The molecule has 100 valence electrons. The Labute approximate surface area is 103 Å². The van der Waals surface area contributed by atoms with Crippen LogP contribution in [0.15, 0.2) is 18.3 Å². The molecule has 0 amide bonds. The second-order valence-electron chi connectivity index (χ2n) is 3.69. The standard InChI is InChI=1S/C12H14F3NO2/c1-2-18-11(17)5-3-4-10-7-6-9(8-16-10)12(13,14)15/h6-8H,2-5H2,1H3. The van der Waals surface area contributed by atoms with Crippen LogP contribution in [-0.4, -0.2) is 17.6 Å². The van der Waals surface area contributed by atoms with Gasteiger partial charge in [-0.2, -0.15) is 13.2 Å². The van der Waals surface area contributed by atoms with Crippen molar-refractivity contribution in [1.29, 1.82) is 0 Å². The first-order valence-corrected chi connectivity index (χ1v) is 5.61. The molecule has 0 unspecified atom stereocenters. The Hall–Kier alpha value is -1.59. The van der Waals surface area contributed by atoms with Crippen LogP contribution < -0.4 is 0 Å². The molecule has 1 aromatic rings. The number of aryl methyl sites for hydroxylation is 1. The van der Waals surface area contributed by atoms with E-state index in [1.807, 2.05) is 0 Å². The number of nitrogens with zero attached hydrogens (tertiary/aromatic N) is 1. The van der Waals surface area contributed by atoms with Gasteiger partial charge in [0.2, 0.25) is 0 Å². The van der Waals surface area contributed by atoms with Gasteiger partial charge in [0.05, 0.1) is 12.2 Å². The van der Waals surface area contributed by atoms with Crippen LogP contribution in [0.2, 0.25) is 0 Å². The summed E-state index contributed by atoms with van der Waals surface area (Å²) in [5.74, 6) is -0.301. The van der Waals surface area contributed by atoms with Crippen molar-refractivity contribution in [2.75, 3.05) is 6.61 Å². The average Bonchev–Trinajstić information content (AvgIpc) is 2.29. The lowest BCUT2D eigenvalue weighted by atomic mass is 10.1.